The van der Waals surface area contributed by atoms with E-state index in [4.69, 9.17) is 0 Å². The van der Waals surface area contributed by atoms with Crippen LogP contribution in [0.3, 0.4) is 0 Å². The van der Waals surface area contributed by atoms with Crippen LogP contribution in [-0.4, -0.2) is 42.5 Å². The van der Waals surface area contributed by atoms with Crippen molar-refractivity contribution < 1.29 is 9.59 Å². The molecule has 1 saturated heterocycles. The fraction of sp³-hybridized carbons (Fsp3) is 0.625. The number of hydrogen-bond donors (Lipinski definition) is 2. The predicted molar refractivity (Wildman–Crippen MR) is 89.0 cm³/mol. The van der Waals surface area contributed by atoms with Gasteiger partial charge in [-0.15, -0.1) is 0 Å². The molecule has 0 radical (unpaired) electrons. The Morgan fingerprint density at radius 2 is 2.32 bits per heavy atom. The van der Waals surface area contributed by atoms with Crippen molar-refractivity contribution in [3.05, 3.63) is 22.4 Å². The van der Waals surface area contributed by atoms with E-state index in [1.807, 2.05) is 19.2 Å². The molecular formula is C16H25N3O2S. The Morgan fingerprint density at radius 3 is 3.00 bits per heavy atom. The Morgan fingerprint density at radius 1 is 1.50 bits per heavy atom. The van der Waals surface area contributed by atoms with E-state index in [9.17, 15) is 9.59 Å². The quantitative estimate of drug-likeness (QED) is 0.873. The minimum absolute atomic E-state index is 0.0586. The molecule has 1 aromatic rings. The van der Waals surface area contributed by atoms with Crippen molar-refractivity contribution in [1.82, 2.24) is 15.5 Å². The molecule has 6 heteroatoms. The second-order valence-electron chi connectivity index (χ2n) is 5.87. The summed E-state index contributed by atoms with van der Waals surface area (Å²) in [6.07, 6.45) is 2.58. The summed E-state index contributed by atoms with van der Waals surface area (Å²) >= 11 is 1.67. The van der Waals surface area contributed by atoms with Crippen molar-refractivity contribution in [3.63, 3.8) is 0 Å². The summed E-state index contributed by atoms with van der Waals surface area (Å²) < 4.78 is 0. The highest BCUT2D eigenvalue weighted by Gasteiger charge is 2.28. The van der Waals surface area contributed by atoms with Crippen molar-refractivity contribution >= 4 is 23.3 Å². The molecule has 122 valence electrons. The summed E-state index contributed by atoms with van der Waals surface area (Å²) in [4.78, 5) is 26.1. The average molecular weight is 323 g/mol. The number of nitrogens with one attached hydrogen (secondary N) is 2. The lowest BCUT2D eigenvalue weighted by Gasteiger charge is -2.32. The molecule has 1 aliphatic rings. The number of amides is 3. The van der Waals surface area contributed by atoms with Crippen LogP contribution in [0.25, 0.3) is 0 Å². The number of hydrogen-bond acceptors (Lipinski definition) is 3. The highest BCUT2D eigenvalue weighted by Crippen LogP contribution is 2.17. The van der Waals surface area contributed by atoms with Gasteiger partial charge in [0.2, 0.25) is 5.91 Å². The molecule has 1 aliphatic heterocycles. The van der Waals surface area contributed by atoms with Crippen molar-refractivity contribution in [2.24, 2.45) is 5.92 Å². The molecule has 1 fully saturated rings. The Bertz CT molecular complexity index is 490. The standard InChI is InChI=1S/C16H25N3O2S/c1-3-17-15(20)14-5-4-7-19(10-14)16(21)18-12(2)9-13-6-8-22-11-13/h6,8,11-12,14H,3-5,7,9-10H2,1-2H3,(H,17,20)(H,18,21)/t12-,14-/m1/s1. The summed E-state index contributed by atoms with van der Waals surface area (Å²) in [7, 11) is 0. The zero-order valence-corrected chi connectivity index (χ0v) is 14.1. The number of piperidine rings is 1. The van der Waals surface area contributed by atoms with E-state index in [2.05, 4.69) is 22.1 Å². The number of likely N-dealkylation sites (tertiary alicyclic amines) is 1. The second-order valence-corrected chi connectivity index (χ2v) is 6.65. The normalized spacial score (nSPS) is 19.5. The first-order chi connectivity index (χ1) is 10.6. The van der Waals surface area contributed by atoms with E-state index in [1.165, 1.54) is 5.56 Å². The van der Waals surface area contributed by atoms with Gasteiger partial charge in [0.05, 0.1) is 5.92 Å². The minimum atomic E-state index is -0.0772. The van der Waals surface area contributed by atoms with Crippen LogP contribution in [-0.2, 0) is 11.2 Å². The Hall–Kier alpha value is -1.56. The lowest BCUT2D eigenvalue weighted by Crippen LogP contribution is -2.50. The molecule has 0 aromatic carbocycles. The van der Waals surface area contributed by atoms with Crippen molar-refractivity contribution in [1.29, 1.82) is 0 Å². The summed E-state index contributed by atoms with van der Waals surface area (Å²) in [6.45, 7) is 5.81. The Kier molecular flexibility index (Phi) is 6.24. The highest BCUT2D eigenvalue weighted by atomic mass is 32.1. The number of carbonyl (C=O) groups is 2. The average Bonchev–Trinajstić information content (AvgIpc) is 3.00. The first-order valence-corrected chi connectivity index (χ1v) is 8.88. The molecule has 3 amide bonds. The number of nitrogens with zero attached hydrogens (tertiary/aromatic N) is 1. The van der Waals surface area contributed by atoms with Gasteiger partial charge < -0.3 is 15.5 Å². The molecule has 0 bridgehead atoms. The topological polar surface area (TPSA) is 61.4 Å². The highest BCUT2D eigenvalue weighted by molar-refractivity contribution is 7.07. The van der Waals surface area contributed by atoms with Gasteiger partial charge in [0.25, 0.3) is 0 Å². The largest absolute Gasteiger partial charge is 0.356 e. The number of carbonyl (C=O) groups excluding carboxylic acids is 2. The van der Waals surface area contributed by atoms with Gasteiger partial charge in [0, 0.05) is 25.7 Å². The summed E-state index contributed by atoms with van der Waals surface area (Å²) in [5.74, 6) is -0.0158. The molecular weight excluding hydrogens is 298 g/mol. The van der Waals surface area contributed by atoms with Gasteiger partial charge in [-0.1, -0.05) is 0 Å². The molecule has 2 N–H and O–H groups in total. The van der Waals surface area contributed by atoms with Crippen LogP contribution in [0, 0.1) is 5.92 Å². The third kappa shape index (κ3) is 4.73. The van der Waals surface area contributed by atoms with E-state index < -0.39 is 0 Å². The third-order valence-corrected chi connectivity index (χ3v) is 4.65. The zero-order chi connectivity index (χ0) is 15.9. The van der Waals surface area contributed by atoms with E-state index >= 15 is 0 Å². The lowest BCUT2D eigenvalue weighted by atomic mass is 9.97. The molecule has 2 atom stereocenters. The SMILES string of the molecule is CCNC(=O)[C@@H]1CCCN(C(=O)N[C@H](C)Cc2ccsc2)C1. The van der Waals surface area contributed by atoms with Gasteiger partial charge in [0.15, 0.2) is 0 Å². The van der Waals surface area contributed by atoms with Crippen LogP contribution >= 0.6 is 11.3 Å². The van der Waals surface area contributed by atoms with Gasteiger partial charge >= 0.3 is 6.03 Å². The molecule has 2 heterocycles. The fourth-order valence-corrected chi connectivity index (χ4v) is 3.49. The Labute approximate surface area is 136 Å². The Balaban J connectivity index is 1.82. The molecule has 0 aliphatic carbocycles. The first kappa shape index (κ1) is 16.8. The maximum absolute atomic E-state index is 12.3. The molecule has 0 saturated carbocycles. The van der Waals surface area contributed by atoms with Crippen molar-refractivity contribution in [2.45, 2.75) is 39.2 Å². The predicted octanol–water partition coefficient (Wildman–Crippen LogP) is 2.24. The van der Waals surface area contributed by atoms with E-state index in [-0.39, 0.29) is 23.9 Å². The zero-order valence-electron chi connectivity index (χ0n) is 13.3. The van der Waals surface area contributed by atoms with E-state index in [0.717, 1.165) is 25.8 Å². The fourth-order valence-electron chi connectivity index (χ4n) is 2.81. The molecule has 22 heavy (non-hydrogen) atoms. The number of urea groups is 1. The smallest absolute Gasteiger partial charge is 0.317 e. The number of rotatable bonds is 5. The maximum Gasteiger partial charge on any atom is 0.317 e. The van der Waals surface area contributed by atoms with Gasteiger partial charge in [-0.05, 0) is 55.5 Å². The van der Waals surface area contributed by atoms with Gasteiger partial charge in [-0.25, -0.2) is 4.79 Å². The van der Waals surface area contributed by atoms with Gasteiger partial charge in [-0.3, -0.25) is 4.79 Å². The van der Waals surface area contributed by atoms with Crippen LogP contribution < -0.4 is 10.6 Å². The molecule has 5 nitrogen and oxygen atoms in total. The number of thiophene rings is 1. The van der Waals surface area contributed by atoms with Crippen molar-refractivity contribution in [3.8, 4) is 0 Å². The molecule has 0 unspecified atom stereocenters. The first-order valence-electron chi connectivity index (χ1n) is 7.94. The van der Waals surface area contributed by atoms with Crippen molar-refractivity contribution in [2.75, 3.05) is 19.6 Å². The lowest BCUT2D eigenvalue weighted by molar-refractivity contribution is -0.126. The second kappa shape index (κ2) is 8.17. The minimum Gasteiger partial charge on any atom is -0.356 e. The third-order valence-electron chi connectivity index (χ3n) is 3.92. The molecule has 1 aromatic heterocycles. The van der Waals surface area contributed by atoms with E-state index in [1.54, 1.807) is 16.2 Å². The monoisotopic (exact) mass is 323 g/mol. The van der Waals surface area contributed by atoms with E-state index in [0.29, 0.717) is 13.1 Å². The van der Waals surface area contributed by atoms with Crippen LogP contribution in [0.5, 0.6) is 0 Å². The van der Waals surface area contributed by atoms with Crippen LogP contribution in [0.15, 0.2) is 16.8 Å². The summed E-state index contributed by atoms with van der Waals surface area (Å²) in [5, 5.41) is 10.0. The maximum atomic E-state index is 12.3. The van der Waals surface area contributed by atoms with Gasteiger partial charge in [0.1, 0.15) is 0 Å². The summed E-state index contributed by atoms with van der Waals surface area (Å²) in [6, 6.07) is 2.11. The molecule has 2 rings (SSSR count). The summed E-state index contributed by atoms with van der Waals surface area (Å²) in [5.41, 5.74) is 1.25. The van der Waals surface area contributed by atoms with Crippen LogP contribution in [0.4, 0.5) is 4.79 Å². The van der Waals surface area contributed by atoms with Gasteiger partial charge in [-0.2, -0.15) is 11.3 Å². The molecule has 0 spiro atoms. The van der Waals surface area contributed by atoms with Crippen LogP contribution in [0.2, 0.25) is 0 Å². The van der Waals surface area contributed by atoms with Crippen LogP contribution in [0.1, 0.15) is 32.3 Å².